The zero-order valence-electron chi connectivity index (χ0n) is 13.2. The molecular weight excluding hydrogens is 296 g/mol. The average Bonchev–Trinajstić information content (AvgIpc) is 2.67. The Balaban J connectivity index is 1.80. The van der Waals surface area contributed by atoms with Crippen molar-refractivity contribution in [2.45, 2.75) is 6.04 Å². The quantitative estimate of drug-likeness (QED) is 0.723. The third-order valence-electron chi connectivity index (χ3n) is 3.65. The lowest BCUT2D eigenvalue weighted by molar-refractivity contribution is -0.116. The first kappa shape index (κ1) is 15.7. The molecule has 0 fully saturated rings. The van der Waals surface area contributed by atoms with Crippen LogP contribution in [0.15, 0.2) is 91.1 Å². The first-order valence-corrected chi connectivity index (χ1v) is 7.82. The molecule has 1 amide bonds. The Hall–Kier alpha value is -3.20. The summed E-state index contributed by atoms with van der Waals surface area (Å²) in [6.45, 7) is 0. The molecule has 1 heterocycles. The van der Waals surface area contributed by atoms with Crippen LogP contribution >= 0.6 is 0 Å². The summed E-state index contributed by atoms with van der Waals surface area (Å²) in [5, 5.41) is 3.07. The number of carbonyl (C=O) groups excluding carboxylic acids is 1. The number of nitrogens with one attached hydrogen (secondary N) is 1. The van der Waals surface area contributed by atoms with Crippen LogP contribution in [0.1, 0.15) is 22.9 Å². The van der Waals surface area contributed by atoms with Gasteiger partial charge in [-0.2, -0.15) is 0 Å². The monoisotopic (exact) mass is 314 g/mol. The second-order valence-electron chi connectivity index (χ2n) is 5.35. The fourth-order valence-electron chi connectivity index (χ4n) is 2.48. The van der Waals surface area contributed by atoms with Crippen LogP contribution in [-0.4, -0.2) is 10.9 Å². The van der Waals surface area contributed by atoms with Crippen molar-refractivity contribution in [2.24, 2.45) is 0 Å². The van der Waals surface area contributed by atoms with E-state index in [0.717, 1.165) is 16.8 Å². The van der Waals surface area contributed by atoms with E-state index in [-0.39, 0.29) is 11.9 Å². The molecule has 1 N–H and O–H groups in total. The van der Waals surface area contributed by atoms with Crippen LogP contribution in [0.2, 0.25) is 0 Å². The van der Waals surface area contributed by atoms with Crippen LogP contribution in [0.3, 0.4) is 0 Å². The number of hydrogen-bond donors (Lipinski definition) is 1. The molecule has 3 heteroatoms. The van der Waals surface area contributed by atoms with Crippen molar-refractivity contribution in [2.75, 3.05) is 0 Å². The van der Waals surface area contributed by atoms with E-state index in [1.54, 1.807) is 12.3 Å². The summed E-state index contributed by atoms with van der Waals surface area (Å²) < 4.78 is 0. The number of amides is 1. The van der Waals surface area contributed by atoms with Gasteiger partial charge in [0.15, 0.2) is 0 Å². The molecule has 0 aliphatic carbocycles. The molecule has 0 unspecified atom stereocenters. The summed E-state index contributed by atoms with van der Waals surface area (Å²) in [7, 11) is 0. The topological polar surface area (TPSA) is 42.0 Å². The number of pyridine rings is 1. The zero-order valence-corrected chi connectivity index (χ0v) is 13.2. The standard InChI is InChI=1S/C21H18N2O/c24-20(15-14-19-13-7-8-16-22-19)23-21(17-9-3-1-4-10-17)18-11-5-2-6-12-18/h1-16,21H,(H,23,24). The second kappa shape index (κ2) is 7.88. The van der Waals surface area contributed by atoms with E-state index < -0.39 is 0 Å². The van der Waals surface area contributed by atoms with Crippen molar-refractivity contribution >= 4 is 12.0 Å². The molecule has 0 spiro atoms. The van der Waals surface area contributed by atoms with Gasteiger partial charge in [-0.05, 0) is 29.3 Å². The normalized spacial score (nSPS) is 10.9. The van der Waals surface area contributed by atoms with E-state index in [4.69, 9.17) is 0 Å². The third kappa shape index (κ3) is 4.17. The molecule has 24 heavy (non-hydrogen) atoms. The Labute approximate surface area is 141 Å². The van der Waals surface area contributed by atoms with Crippen molar-refractivity contribution in [3.63, 3.8) is 0 Å². The Morgan fingerprint density at radius 2 is 1.42 bits per heavy atom. The van der Waals surface area contributed by atoms with E-state index in [0.29, 0.717) is 0 Å². The van der Waals surface area contributed by atoms with Crippen LogP contribution in [0.25, 0.3) is 6.08 Å². The molecule has 118 valence electrons. The first-order valence-electron chi connectivity index (χ1n) is 7.82. The summed E-state index contributed by atoms with van der Waals surface area (Å²) in [6, 6.07) is 25.3. The maximum atomic E-state index is 12.3. The van der Waals surface area contributed by atoms with Gasteiger partial charge in [-0.25, -0.2) is 0 Å². The molecule has 1 aromatic heterocycles. The Bertz CT molecular complexity index is 760. The van der Waals surface area contributed by atoms with Gasteiger partial charge in [0.1, 0.15) is 0 Å². The van der Waals surface area contributed by atoms with E-state index >= 15 is 0 Å². The average molecular weight is 314 g/mol. The summed E-state index contributed by atoms with van der Waals surface area (Å²) in [5.41, 5.74) is 2.84. The Morgan fingerprint density at radius 3 is 1.96 bits per heavy atom. The minimum Gasteiger partial charge on any atom is -0.342 e. The summed E-state index contributed by atoms with van der Waals surface area (Å²) in [4.78, 5) is 16.5. The van der Waals surface area contributed by atoms with Crippen molar-refractivity contribution in [1.29, 1.82) is 0 Å². The molecule has 0 bridgehead atoms. The van der Waals surface area contributed by atoms with Gasteiger partial charge in [0, 0.05) is 12.3 Å². The highest BCUT2D eigenvalue weighted by molar-refractivity contribution is 5.92. The van der Waals surface area contributed by atoms with Crippen LogP contribution in [0.4, 0.5) is 0 Å². The lowest BCUT2D eigenvalue weighted by Gasteiger charge is -2.19. The highest BCUT2D eigenvalue weighted by Crippen LogP contribution is 2.21. The van der Waals surface area contributed by atoms with Gasteiger partial charge in [0.25, 0.3) is 0 Å². The molecule has 3 aromatic rings. The lowest BCUT2D eigenvalue weighted by Crippen LogP contribution is -2.27. The van der Waals surface area contributed by atoms with Gasteiger partial charge in [-0.3, -0.25) is 9.78 Å². The predicted octanol–water partition coefficient (Wildman–Crippen LogP) is 4.00. The molecule has 3 nitrogen and oxygen atoms in total. The van der Waals surface area contributed by atoms with E-state index in [1.165, 1.54) is 6.08 Å². The lowest BCUT2D eigenvalue weighted by atomic mass is 9.99. The molecule has 0 saturated heterocycles. The zero-order chi connectivity index (χ0) is 16.6. The molecular formula is C21H18N2O. The number of benzene rings is 2. The van der Waals surface area contributed by atoms with Gasteiger partial charge in [0.05, 0.1) is 11.7 Å². The van der Waals surface area contributed by atoms with Crippen LogP contribution in [0.5, 0.6) is 0 Å². The summed E-state index contributed by atoms with van der Waals surface area (Å²) in [6.07, 6.45) is 4.93. The van der Waals surface area contributed by atoms with Gasteiger partial charge in [-0.1, -0.05) is 66.7 Å². The molecule has 3 rings (SSSR count). The maximum absolute atomic E-state index is 12.3. The summed E-state index contributed by atoms with van der Waals surface area (Å²) in [5.74, 6) is -0.154. The van der Waals surface area contributed by atoms with Gasteiger partial charge >= 0.3 is 0 Å². The van der Waals surface area contributed by atoms with Crippen LogP contribution < -0.4 is 5.32 Å². The smallest absolute Gasteiger partial charge is 0.244 e. The molecule has 0 aliphatic heterocycles. The maximum Gasteiger partial charge on any atom is 0.244 e. The Morgan fingerprint density at radius 1 is 0.833 bits per heavy atom. The van der Waals surface area contributed by atoms with Gasteiger partial charge in [-0.15, -0.1) is 0 Å². The van der Waals surface area contributed by atoms with Gasteiger partial charge in [0.2, 0.25) is 5.91 Å². The van der Waals surface area contributed by atoms with Crippen molar-refractivity contribution in [1.82, 2.24) is 10.3 Å². The number of nitrogens with zero attached hydrogens (tertiary/aromatic N) is 1. The van der Waals surface area contributed by atoms with Crippen LogP contribution in [0, 0.1) is 0 Å². The number of carbonyl (C=O) groups is 1. The minimum absolute atomic E-state index is 0.154. The molecule has 0 radical (unpaired) electrons. The van der Waals surface area contributed by atoms with E-state index in [1.807, 2.05) is 78.9 Å². The summed E-state index contributed by atoms with van der Waals surface area (Å²) >= 11 is 0. The molecule has 2 aromatic carbocycles. The number of hydrogen-bond acceptors (Lipinski definition) is 2. The molecule has 0 saturated carbocycles. The van der Waals surface area contributed by atoms with E-state index in [9.17, 15) is 4.79 Å². The van der Waals surface area contributed by atoms with Crippen molar-refractivity contribution in [3.05, 3.63) is 108 Å². The fraction of sp³-hybridized carbons (Fsp3) is 0.0476. The first-order chi connectivity index (χ1) is 11.8. The molecule has 0 aliphatic rings. The fourth-order valence-corrected chi connectivity index (χ4v) is 2.48. The van der Waals surface area contributed by atoms with Crippen molar-refractivity contribution in [3.8, 4) is 0 Å². The molecule has 0 atom stereocenters. The highest BCUT2D eigenvalue weighted by atomic mass is 16.1. The van der Waals surface area contributed by atoms with Gasteiger partial charge < -0.3 is 5.32 Å². The second-order valence-corrected chi connectivity index (χ2v) is 5.35. The largest absolute Gasteiger partial charge is 0.342 e. The number of rotatable bonds is 5. The third-order valence-corrected chi connectivity index (χ3v) is 3.65. The highest BCUT2D eigenvalue weighted by Gasteiger charge is 2.15. The minimum atomic E-state index is -0.187. The SMILES string of the molecule is O=C(C=Cc1ccccn1)NC(c1ccccc1)c1ccccc1. The Kier molecular flexibility index (Phi) is 5.15. The van der Waals surface area contributed by atoms with Crippen molar-refractivity contribution < 1.29 is 4.79 Å². The predicted molar refractivity (Wildman–Crippen MR) is 96.1 cm³/mol. The number of aromatic nitrogens is 1. The van der Waals surface area contributed by atoms with Crippen LogP contribution in [-0.2, 0) is 4.79 Å². The van der Waals surface area contributed by atoms with E-state index in [2.05, 4.69) is 10.3 Å².